The summed E-state index contributed by atoms with van der Waals surface area (Å²) in [6.07, 6.45) is 3.18. The van der Waals surface area contributed by atoms with Crippen molar-refractivity contribution in [3.8, 4) is 0 Å². The molecule has 0 aliphatic carbocycles. The van der Waals surface area contributed by atoms with Crippen LogP contribution in [0.3, 0.4) is 0 Å². The van der Waals surface area contributed by atoms with Crippen LogP contribution in [0.1, 0.15) is 18.4 Å². The summed E-state index contributed by atoms with van der Waals surface area (Å²) in [5.41, 5.74) is 0.663. The summed E-state index contributed by atoms with van der Waals surface area (Å²) in [6.45, 7) is 2.20. The molecule has 0 bridgehead atoms. The lowest BCUT2D eigenvalue weighted by molar-refractivity contribution is -0.383. The lowest BCUT2D eigenvalue weighted by atomic mass is 10.0. The van der Waals surface area contributed by atoms with Gasteiger partial charge in [0.2, 0.25) is 11.6 Å². The zero-order chi connectivity index (χ0) is 19.4. The molecule has 1 fully saturated rings. The lowest BCUT2D eigenvalue weighted by Crippen LogP contribution is -2.42. The van der Waals surface area contributed by atoms with Crippen molar-refractivity contribution >= 4 is 17.3 Å². The summed E-state index contributed by atoms with van der Waals surface area (Å²) < 4.78 is 13.0. The standard InChI is InChI=1S/C18H23FN6O2/c1-23-9-7-15(8-10-23)24(2)18-16(25(26)27)17(21-12-22-18)20-11-13-3-5-14(19)6-4-13/h3-6,12,15H,7-11H2,1-2H3,(H,20,21,22). The Balaban J connectivity index is 1.81. The molecule has 0 radical (unpaired) electrons. The molecule has 1 aromatic carbocycles. The Kier molecular flexibility index (Phi) is 5.80. The molecule has 1 saturated heterocycles. The first kappa shape index (κ1) is 19.0. The van der Waals surface area contributed by atoms with Gasteiger partial charge >= 0.3 is 5.69 Å². The first-order chi connectivity index (χ1) is 13.0. The number of anilines is 2. The van der Waals surface area contributed by atoms with Crippen molar-refractivity contribution < 1.29 is 9.31 Å². The van der Waals surface area contributed by atoms with Crippen LogP contribution in [-0.4, -0.2) is 53.0 Å². The zero-order valence-electron chi connectivity index (χ0n) is 15.4. The van der Waals surface area contributed by atoms with Gasteiger partial charge in [-0.3, -0.25) is 10.1 Å². The quantitative estimate of drug-likeness (QED) is 0.614. The Morgan fingerprint density at radius 1 is 1.30 bits per heavy atom. The maximum Gasteiger partial charge on any atom is 0.353 e. The summed E-state index contributed by atoms with van der Waals surface area (Å²) in [6, 6.07) is 6.15. The highest BCUT2D eigenvalue weighted by Crippen LogP contribution is 2.33. The summed E-state index contributed by atoms with van der Waals surface area (Å²) in [4.78, 5) is 23.7. The minimum absolute atomic E-state index is 0.138. The third-order valence-electron chi connectivity index (χ3n) is 4.93. The van der Waals surface area contributed by atoms with Crippen LogP contribution in [0.2, 0.25) is 0 Å². The van der Waals surface area contributed by atoms with Gasteiger partial charge in [0.25, 0.3) is 0 Å². The molecular weight excluding hydrogens is 351 g/mol. The molecule has 2 heterocycles. The molecule has 0 amide bonds. The smallest absolute Gasteiger partial charge is 0.353 e. The van der Waals surface area contributed by atoms with E-state index in [0.29, 0.717) is 12.4 Å². The fourth-order valence-electron chi connectivity index (χ4n) is 3.27. The van der Waals surface area contributed by atoms with Crippen LogP contribution in [0.5, 0.6) is 0 Å². The van der Waals surface area contributed by atoms with Crippen LogP contribution in [-0.2, 0) is 6.54 Å². The summed E-state index contributed by atoms with van der Waals surface area (Å²) in [5, 5.41) is 14.7. The molecule has 1 aromatic heterocycles. The van der Waals surface area contributed by atoms with Gasteiger partial charge in [-0.1, -0.05) is 12.1 Å². The van der Waals surface area contributed by atoms with E-state index in [1.54, 1.807) is 12.1 Å². The first-order valence-corrected chi connectivity index (χ1v) is 8.85. The monoisotopic (exact) mass is 374 g/mol. The topological polar surface area (TPSA) is 87.4 Å². The molecule has 2 aromatic rings. The van der Waals surface area contributed by atoms with Crippen molar-refractivity contribution in [2.75, 3.05) is 37.4 Å². The molecule has 1 aliphatic rings. The predicted molar refractivity (Wildman–Crippen MR) is 101 cm³/mol. The minimum atomic E-state index is -0.451. The van der Waals surface area contributed by atoms with E-state index in [2.05, 4.69) is 27.2 Å². The van der Waals surface area contributed by atoms with Crippen LogP contribution < -0.4 is 10.2 Å². The van der Waals surface area contributed by atoms with Crippen molar-refractivity contribution in [1.82, 2.24) is 14.9 Å². The van der Waals surface area contributed by atoms with E-state index in [9.17, 15) is 14.5 Å². The van der Waals surface area contributed by atoms with Crippen LogP contribution in [0.15, 0.2) is 30.6 Å². The number of nitro groups is 1. The van der Waals surface area contributed by atoms with E-state index in [1.807, 2.05) is 11.9 Å². The Labute approximate surface area is 157 Å². The van der Waals surface area contributed by atoms with Gasteiger partial charge < -0.3 is 15.1 Å². The Morgan fingerprint density at radius 3 is 2.59 bits per heavy atom. The van der Waals surface area contributed by atoms with E-state index in [0.717, 1.165) is 31.5 Å². The molecule has 0 spiro atoms. The molecule has 8 nitrogen and oxygen atoms in total. The highest BCUT2D eigenvalue weighted by molar-refractivity contribution is 5.70. The molecule has 0 unspecified atom stereocenters. The molecule has 0 atom stereocenters. The van der Waals surface area contributed by atoms with Gasteiger partial charge in [0, 0.05) is 19.6 Å². The molecule has 1 aliphatic heterocycles. The number of halogens is 1. The van der Waals surface area contributed by atoms with Gasteiger partial charge in [-0.15, -0.1) is 0 Å². The number of rotatable bonds is 6. The van der Waals surface area contributed by atoms with Crippen molar-refractivity contribution in [2.24, 2.45) is 0 Å². The number of hydrogen-bond donors (Lipinski definition) is 1. The van der Waals surface area contributed by atoms with Gasteiger partial charge in [0.15, 0.2) is 0 Å². The fourth-order valence-corrected chi connectivity index (χ4v) is 3.27. The highest BCUT2D eigenvalue weighted by Gasteiger charge is 2.30. The van der Waals surface area contributed by atoms with Crippen LogP contribution >= 0.6 is 0 Å². The average Bonchev–Trinajstić information content (AvgIpc) is 2.67. The number of nitrogens with one attached hydrogen (secondary N) is 1. The molecule has 0 saturated carbocycles. The maximum atomic E-state index is 13.0. The van der Waals surface area contributed by atoms with Gasteiger partial charge in [-0.25, -0.2) is 14.4 Å². The van der Waals surface area contributed by atoms with Gasteiger partial charge in [0.1, 0.15) is 12.1 Å². The summed E-state index contributed by atoms with van der Waals surface area (Å²) >= 11 is 0. The average molecular weight is 374 g/mol. The molecule has 9 heteroatoms. The van der Waals surface area contributed by atoms with E-state index in [1.165, 1.54) is 18.5 Å². The molecule has 1 N–H and O–H groups in total. The number of aromatic nitrogens is 2. The number of benzene rings is 1. The summed E-state index contributed by atoms with van der Waals surface area (Å²) in [7, 11) is 3.91. The minimum Gasteiger partial charge on any atom is -0.360 e. The lowest BCUT2D eigenvalue weighted by Gasteiger charge is -2.35. The van der Waals surface area contributed by atoms with E-state index >= 15 is 0 Å². The molecule has 144 valence electrons. The van der Waals surface area contributed by atoms with Crippen LogP contribution in [0, 0.1) is 15.9 Å². The molecule has 27 heavy (non-hydrogen) atoms. The maximum absolute atomic E-state index is 13.0. The number of hydrogen-bond acceptors (Lipinski definition) is 7. The van der Waals surface area contributed by atoms with Crippen molar-refractivity contribution in [3.05, 3.63) is 52.1 Å². The second-order valence-electron chi connectivity index (χ2n) is 6.78. The largest absolute Gasteiger partial charge is 0.360 e. The molecular formula is C18H23FN6O2. The van der Waals surface area contributed by atoms with Gasteiger partial charge in [0.05, 0.1) is 4.92 Å². The normalized spacial score (nSPS) is 15.5. The van der Waals surface area contributed by atoms with Crippen molar-refractivity contribution in [3.63, 3.8) is 0 Å². The third kappa shape index (κ3) is 4.48. The van der Waals surface area contributed by atoms with E-state index in [-0.39, 0.29) is 23.4 Å². The second-order valence-corrected chi connectivity index (χ2v) is 6.78. The predicted octanol–water partition coefficient (Wildman–Crippen LogP) is 2.67. The number of likely N-dealkylation sites (tertiary alicyclic amines) is 1. The fraction of sp³-hybridized carbons (Fsp3) is 0.444. The number of piperidine rings is 1. The third-order valence-corrected chi connectivity index (χ3v) is 4.93. The SMILES string of the molecule is CN1CCC(N(C)c2ncnc(NCc3ccc(F)cc3)c2[N+](=O)[O-])CC1. The Hall–Kier alpha value is -2.81. The summed E-state index contributed by atoms with van der Waals surface area (Å²) in [5.74, 6) is 0.147. The highest BCUT2D eigenvalue weighted by atomic mass is 19.1. The van der Waals surface area contributed by atoms with Crippen LogP contribution in [0.25, 0.3) is 0 Å². The van der Waals surface area contributed by atoms with E-state index < -0.39 is 4.92 Å². The van der Waals surface area contributed by atoms with Gasteiger partial charge in [-0.05, 0) is 50.7 Å². The van der Waals surface area contributed by atoms with Gasteiger partial charge in [-0.2, -0.15) is 0 Å². The van der Waals surface area contributed by atoms with Crippen molar-refractivity contribution in [1.29, 1.82) is 0 Å². The Bertz CT molecular complexity index is 793. The Morgan fingerprint density at radius 2 is 1.96 bits per heavy atom. The number of nitrogens with zero attached hydrogens (tertiary/aromatic N) is 5. The second kappa shape index (κ2) is 8.26. The van der Waals surface area contributed by atoms with Crippen LogP contribution in [0.4, 0.5) is 21.7 Å². The first-order valence-electron chi connectivity index (χ1n) is 8.85. The zero-order valence-corrected chi connectivity index (χ0v) is 15.4. The van der Waals surface area contributed by atoms with Crippen molar-refractivity contribution in [2.45, 2.75) is 25.4 Å². The molecule has 3 rings (SSSR count). The van der Waals surface area contributed by atoms with E-state index in [4.69, 9.17) is 0 Å².